The molecule has 2 aliphatic rings. The van der Waals surface area contributed by atoms with Crippen molar-refractivity contribution in [3.8, 4) is 0 Å². The minimum atomic E-state index is -4.00. The molecule has 0 aliphatic heterocycles. The van der Waals surface area contributed by atoms with Crippen LogP contribution >= 0.6 is 0 Å². The summed E-state index contributed by atoms with van der Waals surface area (Å²) in [7, 11) is 0. The quantitative estimate of drug-likeness (QED) is 0.202. The van der Waals surface area contributed by atoms with Gasteiger partial charge in [-0.25, -0.2) is 0 Å². The number of halogens is 9. The minimum Gasteiger partial charge on any atom is -0.171 e. The first-order valence-electron chi connectivity index (χ1n) is 40.2. The van der Waals surface area contributed by atoms with Gasteiger partial charge in [0.25, 0.3) is 0 Å². The Morgan fingerprint density at radius 3 is 0.636 bits per heavy atom. The Bertz CT molecular complexity index is 1360. The van der Waals surface area contributed by atoms with Gasteiger partial charge in [-0.2, -0.15) is 39.5 Å². The van der Waals surface area contributed by atoms with Gasteiger partial charge in [0.15, 0.2) is 0 Å². The van der Waals surface area contributed by atoms with Gasteiger partial charge in [-0.05, 0) is 64.0 Å². The fraction of sp³-hybridized carbons (Fsp3) is 1.00. The molecule has 0 unspecified atom stereocenters. The van der Waals surface area contributed by atoms with Crippen LogP contribution in [0.3, 0.4) is 0 Å². The maximum Gasteiger partial charge on any atom is 0.391 e. The predicted octanol–water partition coefficient (Wildman–Crippen LogP) is 34.4. The van der Waals surface area contributed by atoms with E-state index in [9.17, 15) is 39.5 Å². The van der Waals surface area contributed by atoms with Gasteiger partial charge in [0.05, 0.1) is 0 Å². The topological polar surface area (TPSA) is 0 Å². The fourth-order valence-electron chi connectivity index (χ4n) is 3.57. The lowest BCUT2D eigenvalue weighted by Crippen LogP contribution is -2.15. The van der Waals surface area contributed by atoms with Gasteiger partial charge in [-0.15, -0.1) is 0 Å². The van der Waals surface area contributed by atoms with E-state index in [0.29, 0.717) is 24.7 Å². The molecule has 0 heterocycles. The molecule has 0 aromatic carbocycles. The lowest BCUT2D eigenvalue weighted by Gasteiger charge is -2.15. The fourth-order valence-corrected chi connectivity index (χ4v) is 3.57. The minimum absolute atomic E-state index is 0.0556. The Kier molecular flexibility index (Phi) is 98.9. The standard InChI is InChI=1S/C7H14.2C6H11F3.C6H12.C6H14.3C5H12.C4H7F3.6C4H10.C3H8.C2H6/c1-7-5-3-2-4-6-7;2*1-3-5(2)4-6(7,8)9;1-6-4-2-3-5-6;1-5-6(2,3)4;1-5(2,3)4;1-4-5(2)3;1-3-5-4-2;1-3(2)4(5,6)7;4*1-4(2)3;2*1-3-4-2;1-3-2;1-2/h7H,2-6H2,1H3;2*5H,3-4H2,1-2H3;6H,2-5H2,1H3;5H2,1-4H3;1-4H3;5H,4H2,1-3H3;3-5H2,1-2H3;3H,1-2H3;4*4H,1-3H3;2*3-4H2,1-2H3;3H2,1-2H3;1-2H3/t;2*5-;;;;;;;;;;;;;;/m.00............../s1/i7D;;;6D;5D2;;4D2;;;3*4D;;3D2;;;. The van der Waals surface area contributed by atoms with Crippen LogP contribution in [-0.2, 0) is 0 Å². The van der Waals surface area contributed by atoms with E-state index in [1.54, 1.807) is 48.5 Å². The van der Waals surface area contributed by atoms with Crippen molar-refractivity contribution in [3.05, 3.63) is 0 Å². The lowest BCUT2D eigenvalue weighted by atomic mass is 9.91. The molecule has 0 aromatic rings. The van der Waals surface area contributed by atoms with E-state index in [1.165, 1.54) is 70.6 Å². The molecular formula is C79H179F9. The molecule has 2 rings (SSSR count). The van der Waals surface area contributed by atoms with Gasteiger partial charge in [-0.3, -0.25) is 0 Å². The van der Waals surface area contributed by atoms with E-state index in [-0.39, 0.29) is 52.6 Å². The summed E-state index contributed by atoms with van der Waals surface area (Å²) in [6.45, 7) is 78.1. The molecule has 0 spiro atoms. The van der Waals surface area contributed by atoms with Gasteiger partial charge in [0.2, 0.25) is 0 Å². The number of rotatable bonds is 9. The molecule has 0 N–H and O–H groups in total. The first-order chi connectivity index (χ1) is 43.0. The van der Waals surface area contributed by atoms with Crippen LogP contribution < -0.4 is 0 Å². The molecule has 2 fully saturated rings. The zero-order valence-electron chi connectivity index (χ0n) is 78.9. The maximum absolute atomic E-state index is 11.5. The van der Waals surface area contributed by atoms with Crippen molar-refractivity contribution >= 4 is 0 Å². The van der Waals surface area contributed by atoms with Crippen molar-refractivity contribution in [2.45, 2.75) is 450 Å². The van der Waals surface area contributed by atoms with Crippen LogP contribution in [0.2, 0.25) is 0 Å². The SMILES string of the molecule is CC.CC(C)(C)C.CC(C)C.CC(C)C(F)(F)F.CCC.CCCC.CCCCC.CC[C@H](C)CC(F)(F)F.CC[C@H](C)CC(F)(F)F.[2H]C(C)(C)C.[2H]C(C)(C)C.[2H]C(C)(C)C.[2H]C([2H])(C)C(C)(C)C.[2H]C([2H])(C)C(C)C.[2H]C([2H])(C)CC.[2H]C1(C)CCCC1.[2H]C1(C)CCCCC1. The Balaban J connectivity index is -0.0000000588. The van der Waals surface area contributed by atoms with E-state index in [2.05, 4.69) is 90.0 Å². The van der Waals surface area contributed by atoms with E-state index in [0.717, 1.165) is 45.4 Å². The number of hydrogen-bond donors (Lipinski definition) is 0. The summed E-state index contributed by atoms with van der Waals surface area (Å²) >= 11 is 0. The van der Waals surface area contributed by atoms with Gasteiger partial charge in [-0.1, -0.05) is 419 Å². The third-order valence-corrected chi connectivity index (χ3v) is 9.26. The molecule has 0 bridgehead atoms. The van der Waals surface area contributed by atoms with E-state index >= 15 is 0 Å². The highest BCUT2D eigenvalue weighted by molar-refractivity contribution is 4.61. The number of hydrogen-bond acceptors (Lipinski definition) is 0. The first kappa shape index (κ1) is 93.8. The summed E-state index contributed by atoms with van der Waals surface area (Å²) in [5.74, 6) is -1.58. The van der Waals surface area contributed by atoms with Crippen molar-refractivity contribution in [1.82, 2.24) is 0 Å². The third kappa shape index (κ3) is 323. The van der Waals surface area contributed by atoms with Gasteiger partial charge >= 0.3 is 18.5 Å². The van der Waals surface area contributed by atoms with Crippen LogP contribution in [0.25, 0.3) is 0 Å². The van der Waals surface area contributed by atoms with Gasteiger partial charge < -0.3 is 0 Å². The zero-order chi connectivity index (χ0) is 84.5. The average Bonchev–Trinajstić information content (AvgIpc) is 1.40. The summed E-state index contributed by atoms with van der Waals surface area (Å²) in [5, 5.41) is 0. The lowest BCUT2D eigenvalue weighted by molar-refractivity contribution is -0.164. The Labute approximate surface area is 572 Å². The largest absolute Gasteiger partial charge is 0.391 e. The second-order valence-electron chi connectivity index (χ2n) is 28.0. The maximum atomic E-state index is 11.5. The van der Waals surface area contributed by atoms with Crippen molar-refractivity contribution in [2.24, 2.45) is 69.9 Å². The predicted molar refractivity (Wildman–Crippen MR) is 397 cm³/mol. The van der Waals surface area contributed by atoms with Crippen molar-refractivity contribution in [3.63, 3.8) is 0 Å². The molecular weight excluding hydrogens is 1120 g/mol. The second kappa shape index (κ2) is 92.8. The van der Waals surface area contributed by atoms with Crippen LogP contribution in [0.1, 0.15) is 446 Å². The van der Waals surface area contributed by atoms with Gasteiger partial charge in [0, 0.05) is 33.8 Å². The van der Waals surface area contributed by atoms with Crippen molar-refractivity contribution in [2.75, 3.05) is 0 Å². The molecule has 0 saturated heterocycles. The second-order valence-corrected chi connectivity index (χ2v) is 28.0. The first-order valence-corrected chi connectivity index (χ1v) is 34.7. The Morgan fingerprint density at radius 2 is 0.591 bits per heavy atom. The summed E-state index contributed by atoms with van der Waals surface area (Å²) in [4.78, 5) is 0. The average molecular weight is 1310 g/mol. The summed E-state index contributed by atoms with van der Waals surface area (Å²) in [6, 6.07) is 0. The molecule has 9 heteroatoms. The molecule has 0 radical (unpaired) electrons. The van der Waals surface area contributed by atoms with Gasteiger partial charge in [0.1, 0.15) is 0 Å². The smallest absolute Gasteiger partial charge is 0.171 e. The van der Waals surface area contributed by atoms with Crippen LogP contribution in [0.15, 0.2) is 0 Å². The van der Waals surface area contributed by atoms with Crippen molar-refractivity contribution < 1.29 is 54.6 Å². The molecule has 88 heavy (non-hydrogen) atoms. The normalized spacial score (nSPS) is 16.5. The summed E-state index contributed by atoms with van der Waals surface area (Å²) in [6.07, 6.45) is 4.43. The summed E-state index contributed by atoms with van der Waals surface area (Å²) < 4.78 is 181. The molecule has 2 atom stereocenters. The van der Waals surface area contributed by atoms with Crippen LogP contribution in [0.4, 0.5) is 39.5 Å². The molecule has 0 aromatic heterocycles. The molecule has 0 amide bonds. The highest BCUT2D eigenvalue weighted by Crippen LogP contribution is 2.27. The molecule has 2 aliphatic carbocycles. The van der Waals surface area contributed by atoms with Crippen LogP contribution in [0, 0.1) is 69.9 Å². The third-order valence-electron chi connectivity index (χ3n) is 9.26. The van der Waals surface area contributed by atoms with Crippen LogP contribution in [0.5, 0.6) is 0 Å². The van der Waals surface area contributed by atoms with Crippen molar-refractivity contribution in [1.29, 1.82) is 0 Å². The summed E-state index contributed by atoms with van der Waals surface area (Å²) in [5.41, 5.74) is 0.271. The van der Waals surface area contributed by atoms with E-state index in [1.807, 2.05) is 132 Å². The molecule has 558 valence electrons. The highest BCUT2D eigenvalue weighted by Gasteiger charge is 2.32. The van der Waals surface area contributed by atoms with E-state index in [4.69, 9.17) is 15.1 Å². The highest BCUT2D eigenvalue weighted by atomic mass is 19.4. The van der Waals surface area contributed by atoms with Crippen LogP contribution in [-0.4, -0.2) is 18.5 Å². The van der Waals surface area contributed by atoms with E-state index < -0.39 is 56.4 Å². The zero-order valence-corrected chi connectivity index (χ0v) is 67.9. The monoisotopic (exact) mass is 1310 g/mol. The Morgan fingerprint density at radius 1 is 0.420 bits per heavy atom. The molecule has 0 nitrogen and oxygen atoms in total. The Hall–Kier alpha value is -0.630. The number of alkyl halides is 9. The number of unbranched alkanes of at least 4 members (excludes halogenated alkanes) is 3. The molecule has 2 saturated carbocycles.